The van der Waals surface area contributed by atoms with E-state index >= 15 is 0 Å². The van der Waals surface area contributed by atoms with E-state index in [4.69, 9.17) is 5.11 Å². The molecule has 0 spiro atoms. The monoisotopic (exact) mass is 199 g/mol. The van der Waals surface area contributed by atoms with Crippen molar-refractivity contribution in [3.05, 3.63) is 0 Å². The first-order chi connectivity index (χ1) is 6.46. The van der Waals surface area contributed by atoms with E-state index in [9.17, 15) is 0 Å². The van der Waals surface area contributed by atoms with Crippen LogP contribution in [0, 0.1) is 11.3 Å². The summed E-state index contributed by atoms with van der Waals surface area (Å²) in [5.74, 6) is 0.578. The van der Waals surface area contributed by atoms with Crippen molar-refractivity contribution >= 4 is 0 Å². The van der Waals surface area contributed by atoms with Crippen molar-refractivity contribution in [1.82, 2.24) is 4.90 Å². The van der Waals surface area contributed by atoms with Crippen LogP contribution in [0.1, 0.15) is 40.5 Å². The number of hydrogen-bond donors (Lipinski definition) is 1. The lowest BCUT2D eigenvalue weighted by Crippen LogP contribution is -2.48. The van der Waals surface area contributed by atoms with Gasteiger partial charge in [0.05, 0.1) is 0 Å². The molecular formula is C12H25NO. The molecule has 0 unspecified atom stereocenters. The van der Waals surface area contributed by atoms with E-state index in [2.05, 4.69) is 32.6 Å². The normalized spacial score (nSPS) is 27.9. The van der Waals surface area contributed by atoms with Crippen molar-refractivity contribution in [3.8, 4) is 0 Å². The lowest BCUT2D eigenvalue weighted by atomic mass is 9.79. The first-order valence-electron chi connectivity index (χ1n) is 5.81. The molecule has 0 aliphatic heterocycles. The minimum atomic E-state index is 0.379. The lowest BCUT2D eigenvalue weighted by Gasteiger charge is -2.44. The van der Waals surface area contributed by atoms with Crippen LogP contribution in [0.5, 0.6) is 0 Å². The van der Waals surface area contributed by atoms with Crippen LogP contribution in [0.4, 0.5) is 0 Å². The predicted molar refractivity (Wildman–Crippen MR) is 60.3 cm³/mol. The van der Waals surface area contributed by atoms with Gasteiger partial charge < -0.3 is 10.0 Å². The van der Waals surface area contributed by atoms with Crippen molar-refractivity contribution in [2.45, 2.75) is 46.6 Å². The minimum Gasteiger partial charge on any atom is -0.396 e. The number of aliphatic hydroxyl groups is 1. The van der Waals surface area contributed by atoms with Crippen LogP contribution in [0.2, 0.25) is 0 Å². The number of hydrogen-bond acceptors (Lipinski definition) is 2. The zero-order valence-electron chi connectivity index (χ0n) is 10.1. The molecule has 1 rings (SSSR count). The van der Waals surface area contributed by atoms with Crippen LogP contribution in [0.25, 0.3) is 0 Å². The summed E-state index contributed by atoms with van der Waals surface area (Å²) in [6.45, 7) is 11.8. The van der Waals surface area contributed by atoms with Gasteiger partial charge in [0, 0.05) is 19.2 Å². The summed E-state index contributed by atoms with van der Waals surface area (Å²) in [6.07, 6.45) is 2.39. The fourth-order valence-electron chi connectivity index (χ4n) is 2.26. The molecule has 14 heavy (non-hydrogen) atoms. The lowest BCUT2D eigenvalue weighted by molar-refractivity contribution is 0.0302. The third-order valence-corrected chi connectivity index (χ3v) is 3.07. The molecule has 0 radical (unpaired) electrons. The highest BCUT2D eigenvalue weighted by Crippen LogP contribution is 2.32. The van der Waals surface area contributed by atoms with Gasteiger partial charge in [0.25, 0.3) is 0 Å². The fraction of sp³-hybridized carbons (Fsp3) is 1.00. The first-order valence-corrected chi connectivity index (χ1v) is 5.81. The molecule has 1 aliphatic rings. The molecule has 1 N–H and O–H groups in total. The van der Waals surface area contributed by atoms with E-state index in [0.717, 1.165) is 12.6 Å². The highest BCUT2D eigenvalue weighted by Gasteiger charge is 2.33. The standard InChI is InChI=1S/C12H25NO/c1-5-13(9-12(2,3)4)11-6-10(7-11)8-14/h10-11,14H,5-9H2,1-4H3/t10-,11-. The molecule has 0 saturated heterocycles. The Morgan fingerprint density at radius 2 is 1.86 bits per heavy atom. The molecule has 0 atom stereocenters. The quantitative estimate of drug-likeness (QED) is 0.749. The summed E-state index contributed by atoms with van der Waals surface area (Å²) in [4.78, 5) is 2.56. The first kappa shape index (κ1) is 12.0. The highest BCUT2D eigenvalue weighted by atomic mass is 16.3. The summed E-state index contributed by atoms with van der Waals surface area (Å²) in [5, 5.41) is 8.97. The zero-order chi connectivity index (χ0) is 10.8. The van der Waals surface area contributed by atoms with Gasteiger partial charge in [-0.3, -0.25) is 0 Å². The number of aliphatic hydroxyl groups excluding tert-OH is 1. The molecule has 2 heteroatoms. The molecule has 0 bridgehead atoms. The molecule has 84 valence electrons. The van der Waals surface area contributed by atoms with Crippen molar-refractivity contribution in [3.63, 3.8) is 0 Å². The summed E-state index contributed by atoms with van der Waals surface area (Å²) in [5.41, 5.74) is 0.389. The summed E-state index contributed by atoms with van der Waals surface area (Å²) < 4.78 is 0. The predicted octanol–water partition coefficient (Wildman–Crippen LogP) is 2.13. The van der Waals surface area contributed by atoms with Crippen LogP contribution in [0.15, 0.2) is 0 Å². The molecule has 1 aliphatic carbocycles. The minimum absolute atomic E-state index is 0.379. The molecular weight excluding hydrogens is 174 g/mol. The average Bonchev–Trinajstić information content (AvgIpc) is 1.98. The maximum Gasteiger partial charge on any atom is 0.0460 e. The van der Waals surface area contributed by atoms with Crippen molar-refractivity contribution in [2.75, 3.05) is 19.7 Å². The largest absolute Gasteiger partial charge is 0.396 e. The second-order valence-corrected chi connectivity index (χ2v) is 5.80. The Balaban J connectivity index is 2.33. The van der Waals surface area contributed by atoms with Crippen molar-refractivity contribution < 1.29 is 5.11 Å². The molecule has 0 aromatic heterocycles. The van der Waals surface area contributed by atoms with E-state index in [-0.39, 0.29) is 0 Å². The number of rotatable bonds is 4. The van der Waals surface area contributed by atoms with E-state index in [1.807, 2.05) is 0 Å². The van der Waals surface area contributed by atoms with Gasteiger partial charge in [-0.2, -0.15) is 0 Å². The zero-order valence-corrected chi connectivity index (χ0v) is 10.1. The SMILES string of the molecule is CCN(CC(C)(C)C)[C@H]1C[C@H](CO)C1. The Morgan fingerprint density at radius 1 is 1.29 bits per heavy atom. The Labute approximate surface area is 88.3 Å². The van der Waals surface area contributed by atoms with Gasteiger partial charge in [0.15, 0.2) is 0 Å². The summed E-state index contributed by atoms with van der Waals surface area (Å²) >= 11 is 0. The maximum absolute atomic E-state index is 8.97. The third kappa shape index (κ3) is 3.25. The van der Waals surface area contributed by atoms with Crippen LogP contribution >= 0.6 is 0 Å². The highest BCUT2D eigenvalue weighted by molar-refractivity contribution is 4.87. The second-order valence-electron chi connectivity index (χ2n) is 5.80. The topological polar surface area (TPSA) is 23.5 Å². The average molecular weight is 199 g/mol. The van der Waals surface area contributed by atoms with Crippen LogP contribution in [0.3, 0.4) is 0 Å². The third-order valence-electron chi connectivity index (χ3n) is 3.07. The Kier molecular flexibility index (Phi) is 3.96. The van der Waals surface area contributed by atoms with Gasteiger partial charge in [-0.05, 0) is 30.7 Å². The van der Waals surface area contributed by atoms with Gasteiger partial charge >= 0.3 is 0 Å². The molecule has 0 aromatic carbocycles. The second kappa shape index (κ2) is 4.63. The van der Waals surface area contributed by atoms with E-state index in [1.54, 1.807) is 0 Å². The van der Waals surface area contributed by atoms with Gasteiger partial charge in [0.2, 0.25) is 0 Å². The molecule has 0 heterocycles. The van der Waals surface area contributed by atoms with Crippen LogP contribution < -0.4 is 0 Å². The van der Waals surface area contributed by atoms with Crippen LogP contribution in [-0.2, 0) is 0 Å². The smallest absolute Gasteiger partial charge is 0.0460 e. The van der Waals surface area contributed by atoms with Gasteiger partial charge in [-0.15, -0.1) is 0 Å². The fourth-order valence-corrected chi connectivity index (χ4v) is 2.26. The molecule has 0 aromatic rings. The summed E-state index contributed by atoms with van der Waals surface area (Å²) in [6, 6.07) is 0.733. The Hall–Kier alpha value is -0.0800. The van der Waals surface area contributed by atoms with Gasteiger partial charge in [0.1, 0.15) is 0 Å². The molecule has 2 nitrogen and oxygen atoms in total. The maximum atomic E-state index is 8.97. The van der Waals surface area contributed by atoms with Gasteiger partial charge in [-0.25, -0.2) is 0 Å². The molecule has 0 amide bonds. The van der Waals surface area contributed by atoms with E-state index in [1.165, 1.54) is 19.4 Å². The van der Waals surface area contributed by atoms with Crippen LogP contribution in [-0.4, -0.2) is 35.7 Å². The van der Waals surface area contributed by atoms with Crippen molar-refractivity contribution in [1.29, 1.82) is 0 Å². The number of nitrogens with zero attached hydrogens (tertiary/aromatic N) is 1. The summed E-state index contributed by atoms with van der Waals surface area (Å²) in [7, 11) is 0. The van der Waals surface area contributed by atoms with Gasteiger partial charge in [-0.1, -0.05) is 27.7 Å². The Morgan fingerprint density at radius 3 is 2.21 bits per heavy atom. The van der Waals surface area contributed by atoms with E-state index < -0.39 is 0 Å². The Bertz CT molecular complexity index is 168. The molecule has 1 saturated carbocycles. The van der Waals surface area contributed by atoms with E-state index in [0.29, 0.717) is 17.9 Å². The molecule has 1 fully saturated rings. The van der Waals surface area contributed by atoms with Crippen molar-refractivity contribution in [2.24, 2.45) is 11.3 Å².